The van der Waals surface area contributed by atoms with Crippen LogP contribution in [-0.2, 0) is 6.42 Å². The number of hydrogen-bond acceptors (Lipinski definition) is 4. The van der Waals surface area contributed by atoms with Gasteiger partial charge in [-0.1, -0.05) is 24.3 Å². The van der Waals surface area contributed by atoms with Crippen molar-refractivity contribution < 1.29 is 18.7 Å². The molecule has 0 aliphatic heterocycles. The summed E-state index contributed by atoms with van der Waals surface area (Å²) in [6, 6.07) is 16.3. The second-order valence-electron chi connectivity index (χ2n) is 6.22. The minimum Gasteiger partial charge on any atom is -0.497 e. The van der Waals surface area contributed by atoms with Crippen LogP contribution in [0.1, 0.15) is 26.4 Å². The van der Waals surface area contributed by atoms with Gasteiger partial charge in [0.25, 0.3) is 11.8 Å². The largest absolute Gasteiger partial charge is 0.497 e. The van der Waals surface area contributed by atoms with Crippen LogP contribution >= 0.6 is 0 Å². The van der Waals surface area contributed by atoms with Gasteiger partial charge in [-0.2, -0.15) is 0 Å². The molecule has 3 aromatic rings. The number of benzene rings is 2. The molecule has 2 amide bonds. The monoisotopic (exact) mass is 393 g/mol. The van der Waals surface area contributed by atoms with Gasteiger partial charge >= 0.3 is 0 Å². The Hall–Kier alpha value is -3.74. The molecular weight excluding hydrogens is 373 g/mol. The predicted octanol–water partition coefficient (Wildman–Crippen LogP) is 3.45. The van der Waals surface area contributed by atoms with Crippen LogP contribution in [0.2, 0.25) is 0 Å². The molecule has 0 saturated carbocycles. The Labute approximate surface area is 167 Å². The van der Waals surface area contributed by atoms with Gasteiger partial charge in [0.1, 0.15) is 17.3 Å². The maximum atomic E-state index is 13.7. The molecule has 0 aliphatic rings. The van der Waals surface area contributed by atoms with Crippen molar-refractivity contribution in [1.82, 2.24) is 10.3 Å². The van der Waals surface area contributed by atoms with Gasteiger partial charge in [-0.3, -0.25) is 14.6 Å². The number of nitrogens with one attached hydrogen (secondary N) is 2. The van der Waals surface area contributed by atoms with E-state index in [-0.39, 0.29) is 17.3 Å². The number of rotatable bonds is 7. The summed E-state index contributed by atoms with van der Waals surface area (Å²) in [4.78, 5) is 28.6. The number of pyridine rings is 1. The zero-order valence-electron chi connectivity index (χ0n) is 15.8. The van der Waals surface area contributed by atoms with Gasteiger partial charge in [0.05, 0.1) is 12.8 Å². The van der Waals surface area contributed by atoms with Crippen LogP contribution in [0.5, 0.6) is 5.75 Å². The fourth-order valence-electron chi connectivity index (χ4n) is 2.66. The van der Waals surface area contributed by atoms with Crippen molar-refractivity contribution in [3.05, 3.63) is 89.5 Å². The molecule has 7 heteroatoms. The van der Waals surface area contributed by atoms with E-state index in [1.54, 1.807) is 13.2 Å². The summed E-state index contributed by atoms with van der Waals surface area (Å²) in [5.41, 5.74) is 1.43. The third kappa shape index (κ3) is 5.38. The topological polar surface area (TPSA) is 80.3 Å². The summed E-state index contributed by atoms with van der Waals surface area (Å²) in [6.45, 7) is 0.435. The van der Waals surface area contributed by atoms with Gasteiger partial charge < -0.3 is 15.4 Å². The average molecular weight is 393 g/mol. The standard InChI is InChI=1S/C22H20FN3O3/c1-29-17-8-6-15(7-9-17)10-12-25-21(27)16-11-13-24-20(14-16)22(28)26-19-5-3-2-4-18(19)23/h2-9,11,13-14H,10,12H2,1H3,(H,25,27)(H,26,28). The van der Waals surface area contributed by atoms with E-state index in [4.69, 9.17) is 4.74 Å². The Morgan fingerprint density at radius 1 is 1.03 bits per heavy atom. The highest BCUT2D eigenvalue weighted by Gasteiger charge is 2.13. The molecule has 0 spiro atoms. The first-order valence-electron chi connectivity index (χ1n) is 9.00. The maximum absolute atomic E-state index is 13.7. The number of hydrogen-bond donors (Lipinski definition) is 2. The third-order valence-corrected chi connectivity index (χ3v) is 4.24. The molecule has 2 aromatic carbocycles. The highest BCUT2D eigenvalue weighted by molar-refractivity contribution is 6.04. The van der Waals surface area contributed by atoms with Gasteiger partial charge in [-0.25, -0.2) is 4.39 Å². The minimum atomic E-state index is -0.594. The summed E-state index contributed by atoms with van der Waals surface area (Å²) in [6.07, 6.45) is 2.02. The number of carbonyl (C=O) groups excluding carboxylic acids is 2. The van der Waals surface area contributed by atoms with Crippen molar-refractivity contribution >= 4 is 17.5 Å². The van der Waals surface area contributed by atoms with Crippen molar-refractivity contribution in [1.29, 1.82) is 0 Å². The van der Waals surface area contributed by atoms with E-state index < -0.39 is 11.7 Å². The number of carbonyl (C=O) groups is 2. The fraction of sp³-hybridized carbons (Fsp3) is 0.136. The van der Waals surface area contributed by atoms with Crippen LogP contribution < -0.4 is 15.4 Å². The molecule has 0 atom stereocenters. The minimum absolute atomic E-state index is 0.0241. The summed E-state index contributed by atoms with van der Waals surface area (Å²) >= 11 is 0. The summed E-state index contributed by atoms with van der Waals surface area (Å²) < 4.78 is 18.8. The van der Waals surface area contributed by atoms with Crippen LogP contribution in [0.25, 0.3) is 0 Å². The number of amides is 2. The second kappa shape index (κ2) is 9.45. The van der Waals surface area contributed by atoms with Crippen molar-refractivity contribution in [3.63, 3.8) is 0 Å². The lowest BCUT2D eigenvalue weighted by Gasteiger charge is -2.08. The molecule has 2 N–H and O–H groups in total. The molecule has 3 rings (SSSR count). The molecule has 0 aliphatic carbocycles. The number of ether oxygens (including phenoxy) is 1. The van der Waals surface area contributed by atoms with E-state index in [1.807, 2.05) is 24.3 Å². The molecule has 0 bridgehead atoms. The van der Waals surface area contributed by atoms with Gasteiger partial charge in [-0.15, -0.1) is 0 Å². The Morgan fingerprint density at radius 3 is 2.52 bits per heavy atom. The molecule has 0 fully saturated rings. The van der Waals surface area contributed by atoms with Crippen molar-refractivity contribution in [3.8, 4) is 5.75 Å². The van der Waals surface area contributed by atoms with E-state index in [1.165, 1.54) is 36.5 Å². The number of methoxy groups -OCH3 is 1. The Morgan fingerprint density at radius 2 is 1.79 bits per heavy atom. The Kier molecular flexibility index (Phi) is 6.52. The Balaban J connectivity index is 1.58. The fourth-order valence-corrected chi connectivity index (χ4v) is 2.66. The van der Waals surface area contributed by atoms with E-state index in [9.17, 15) is 14.0 Å². The zero-order chi connectivity index (χ0) is 20.6. The van der Waals surface area contributed by atoms with Gasteiger partial charge in [0.2, 0.25) is 0 Å². The zero-order valence-corrected chi connectivity index (χ0v) is 15.8. The quantitative estimate of drug-likeness (QED) is 0.644. The highest BCUT2D eigenvalue weighted by atomic mass is 19.1. The molecule has 0 radical (unpaired) electrons. The van der Waals surface area contributed by atoms with Crippen LogP contribution in [0.15, 0.2) is 66.9 Å². The van der Waals surface area contributed by atoms with Crippen LogP contribution in [-0.4, -0.2) is 30.5 Å². The van der Waals surface area contributed by atoms with Crippen LogP contribution in [0.4, 0.5) is 10.1 Å². The molecule has 0 saturated heterocycles. The van der Waals surface area contributed by atoms with Crippen LogP contribution in [0, 0.1) is 5.82 Å². The number of nitrogens with zero attached hydrogens (tertiary/aromatic N) is 1. The third-order valence-electron chi connectivity index (χ3n) is 4.24. The number of halogens is 1. The molecular formula is C22H20FN3O3. The summed E-state index contributed by atoms with van der Waals surface area (Å²) in [7, 11) is 1.61. The van der Waals surface area contributed by atoms with E-state index in [0.717, 1.165) is 11.3 Å². The van der Waals surface area contributed by atoms with E-state index >= 15 is 0 Å². The Bertz CT molecular complexity index is 1010. The highest BCUT2D eigenvalue weighted by Crippen LogP contribution is 2.14. The van der Waals surface area contributed by atoms with Crippen molar-refractivity contribution in [2.75, 3.05) is 19.0 Å². The van der Waals surface area contributed by atoms with E-state index in [0.29, 0.717) is 18.5 Å². The maximum Gasteiger partial charge on any atom is 0.274 e. The first kappa shape index (κ1) is 20.0. The number of aromatic nitrogens is 1. The van der Waals surface area contributed by atoms with E-state index in [2.05, 4.69) is 15.6 Å². The molecule has 1 heterocycles. The van der Waals surface area contributed by atoms with Gasteiger partial charge in [-0.05, 0) is 48.4 Å². The molecule has 0 unspecified atom stereocenters. The number of anilines is 1. The van der Waals surface area contributed by atoms with Gasteiger partial charge in [0, 0.05) is 18.3 Å². The predicted molar refractivity (Wildman–Crippen MR) is 108 cm³/mol. The molecule has 29 heavy (non-hydrogen) atoms. The van der Waals surface area contributed by atoms with Gasteiger partial charge in [0.15, 0.2) is 0 Å². The smallest absolute Gasteiger partial charge is 0.274 e. The van der Waals surface area contributed by atoms with Crippen molar-refractivity contribution in [2.24, 2.45) is 0 Å². The average Bonchev–Trinajstić information content (AvgIpc) is 2.76. The number of para-hydroxylation sites is 1. The molecule has 1 aromatic heterocycles. The lowest BCUT2D eigenvalue weighted by atomic mass is 10.1. The second-order valence-corrected chi connectivity index (χ2v) is 6.22. The van der Waals surface area contributed by atoms with Crippen LogP contribution in [0.3, 0.4) is 0 Å². The van der Waals surface area contributed by atoms with Crippen molar-refractivity contribution in [2.45, 2.75) is 6.42 Å². The first-order chi connectivity index (χ1) is 14.1. The first-order valence-corrected chi connectivity index (χ1v) is 9.00. The SMILES string of the molecule is COc1ccc(CCNC(=O)c2ccnc(C(=O)Nc3ccccc3F)c2)cc1. The lowest BCUT2D eigenvalue weighted by molar-refractivity contribution is 0.0954. The lowest BCUT2D eigenvalue weighted by Crippen LogP contribution is -2.26. The summed E-state index contributed by atoms with van der Waals surface area (Å²) in [5, 5.41) is 5.26. The molecule has 148 valence electrons. The normalized spacial score (nSPS) is 10.3. The molecule has 6 nitrogen and oxygen atoms in total. The summed E-state index contributed by atoms with van der Waals surface area (Å²) in [5.74, 6) is -0.687.